The van der Waals surface area contributed by atoms with Gasteiger partial charge in [-0.1, -0.05) is 58.0 Å². The molecule has 2 unspecified atom stereocenters. The smallest absolute Gasteiger partial charge is 0.410 e. The standard InChI is InChI=1S/C50H72FN5O11/c1-12-38-50(8)41(56(47(61)67-50)24-17-16-23-54-28-36(53)34-21-18-22-35(52)26-34)31(4)39(57)29(2)27-48(6,62-11)43(32(5)42(58)49(7,51)46(60)64-38)66-45-40(37(55(9)10)25-30(3)63-45)65-44(59)33-19-14-13-15-20-33/h13-15,18-22,26,28-32,37-38,40-41,43,45,54H,12,16-17,23-25,27,52-53H2,1-11H3/b36-28-/t29-,30-,31+,32+,37+,38-,40-,41?,43-,45?,48+,49+,50-/m1/s1. The quantitative estimate of drug-likeness (QED) is 0.0647. The maximum Gasteiger partial charge on any atom is 0.410 e. The second kappa shape index (κ2) is 21.9. The molecule has 3 heterocycles. The summed E-state index contributed by atoms with van der Waals surface area (Å²) in [6, 6.07) is 14.2. The molecule has 13 atom stereocenters. The Labute approximate surface area is 394 Å². The number of hydrogen-bond donors (Lipinski definition) is 3. The Bertz CT molecular complexity index is 2110. The lowest BCUT2D eigenvalue weighted by Gasteiger charge is -2.48. The summed E-state index contributed by atoms with van der Waals surface area (Å²) in [7, 11) is 5.06. The van der Waals surface area contributed by atoms with Gasteiger partial charge in [0, 0.05) is 55.4 Å². The Kier molecular flexibility index (Phi) is 17.3. The minimum Gasteiger partial charge on any atom is -0.455 e. The van der Waals surface area contributed by atoms with Gasteiger partial charge in [-0.05, 0) is 98.2 Å². The molecule has 0 spiro atoms. The molecule has 17 heteroatoms. The fourth-order valence-electron chi connectivity index (χ4n) is 10.1. The number of fused-ring (bicyclic) bond motifs is 1. The zero-order valence-electron chi connectivity index (χ0n) is 40.9. The van der Waals surface area contributed by atoms with Gasteiger partial charge in [0.2, 0.25) is 0 Å². The summed E-state index contributed by atoms with van der Waals surface area (Å²) in [6.45, 7) is 13.1. The molecule has 5 rings (SSSR count). The summed E-state index contributed by atoms with van der Waals surface area (Å²) < 4.78 is 54.7. The Morgan fingerprint density at radius 1 is 0.985 bits per heavy atom. The zero-order chi connectivity index (χ0) is 49.6. The first-order chi connectivity index (χ1) is 31.5. The summed E-state index contributed by atoms with van der Waals surface area (Å²) in [5.74, 6) is -6.70. The fourth-order valence-corrected chi connectivity index (χ4v) is 10.1. The molecule has 3 aliphatic heterocycles. The van der Waals surface area contributed by atoms with E-state index in [-0.39, 0.29) is 25.2 Å². The second-order valence-electron chi connectivity index (χ2n) is 19.2. The van der Waals surface area contributed by atoms with Gasteiger partial charge in [0.1, 0.15) is 11.9 Å². The van der Waals surface area contributed by atoms with Crippen LogP contribution in [0.2, 0.25) is 0 Å². The SMILES string of the molecule is CC[C@H]1OC(=O)[C@@](C)(F)C(=O)[C@H](C)[C@@H](OC2O[C@H](C)C[C@H](N(C)C)[C@H]2OC(=O)c2ccccc2)[C@@](C)(OC)C[C@@H](C)C(=O)[C@H](C)C2N(CCCCN/C=C(\N)c3cccc(N)c3)C(=O)O[C@@]21C. The van der Waals surface area contributed by atoms with E-state index in [1.807, 2.05) is 38.1 Å². The number of carbonyl (C=O) groups is 5. The van der Waals surface area contributed by atoms with Gasteiger partial charge in [-0.25, -0.2) is 18.8 Å². The number of nitrogens with two attached hydrogens (primary N) is 2. The maximum atomic E-state index is 17.2. The number of rotatable bonds is 14. The lowest BCUT2D eigenvalue weighted by molar-refractivity contribution is -0.295. The number of ether oxygens (including phenoxy) is 6. The van der Waals surface area contributed by atoms with Crippen molar-refractivity contribution in [2.24, 2.45) is 23.5 Å². The molecule has 3 fully saturated rings. The molecule has 3 saturated heterocycles. The molecular weight excluding hydrogens is 866 g/mol. The summed E-state index contributed by atoms with van der Waals surface area (Å²) >= 11 is 0. The van der Waals surface area contributed by atoms with Crippen LogP contribution >= 0.6 is 0 Å². The number of unbranched alkanes of at least 4 members (excludes halogenated alkanes) is 1. The van der Waals surface area contributed by atoms with E-state index in [1.54, 1.807) is 83.3 Å². The zero-order valence-corrected chi connectivity index (χ0v) is 40.9. The van der Waals surface area contributed by atoms with E-state index in [0.717, 1.165) is 12.5 Å². The number of esters is 2. The normalized spacial score (nSPS) is 34.5. The average Bonchev–Trinajstić information content (AvgIpc) is 3.55. The molecule has 0 bridgehead atoms. The molecule has 1 amide bonds. The van der Waals surface area contributed by atoms with Crippen LogP contribution in [0.3, 0.4) is 0 Å². The molecule has 0 aliphatic carbocycles. The number of benzene rings is 2. The number of amides is 1. The van der Waals surface area contributed by atoms with E-state index in [0.29, 0.717) is 42.8 Å². The lowest BCUT2D eigenvalue weighted by Crippen LogP contribution is -2.62. The van der Waals surface area contributed by atoms with Crippen molar-refractivity contribution in [1.29, 1.82) is 0 Å². The van der Waals surface area contributed by atoms with Gasteiger partial charge >= 0.3 is 18.0 Å². The number of methoxy groups -OCH3 is 1. The first-order valence-corrected chi connectivity index (χ1v) is 23.3. The number of Topliss-reactive ketones (excluding diaryl/α,β-unsaturated/α-hetero) is 2. The molecule has 16 nitrogen and oxygen atoms in total. The van der Waals surface area contributed by atoms with E-state index < -0.39 is 101 Å². The molecule has 2 aromatic carbocycles. The topological polar surface area (TPSA) is 211 Å². The Morgan fingerprint density at radius 2 is 1.66 bits per heavy atom. The minimum atomic E-state index is -3.24. The fraction of sp³-hybridized carbons (Fsp3) is 0.620. The number of ketones is 2. The van der Waals surface area contributed by atoms with Crippen molar-refractivity contribution in [1.82, 2.24) is 15.1 Å². The molecule has 2 aromatic rings. The van der Waals surface area contributed by atoms with Gasteiger partial charge in [0.25, 0.3) is 5.67 Å². The van der Waals surface area contributed by atoms with E-state index in [4.69, 9.17) is 39.9 Å². The molecule has 3 aliphatic rings. The van der Waals surface area contributed by atoms with Crippen LogP contribution < -0.4 is 16.8 Å². The van der Waals surface area contributed by atoms with Crippen LogP contribution in [0.1, 0.15) is 103 Å². The largest absolute Gasteiger partial charge is 0.455 e. The Hall–Kier alpha value is -5.10. The number of alkyl halides is 1. The number of nitrogens with one attached hydrogen (secondary N) is 1. The van der Waals surface area contributed by atoms with Gasteiger partial charge in [-0.3, -0.25) is 9.59 Å². The van der Waals surface area contributed by atoms with Crippen molar-refractivity contribution >= 4 is 41.0 Å². The minimum absolute atomic E-state index is 0.0520. The van der Waals surface area contributed by atoms with Crippen LogP contribution in [0.5, 0.6) is 0 Å². The summed E-state index contributed by atoms with van der Waals surface area (Å²) in [5.41, 5.74) is 7.89. The summed E-state index contributed by atoms with van der Waals surface area (Å²) in [6.07, 6.45) is -2.93. The number of anilines is 1. The lowest BCUT2D eigenvalue weighted by atomic mass is 9.73. The summed E-state index contributed by atoms with van der Waals surface area (Å²) in [4.78, 5) is 74.5. The Morgan fingerprint density at radius 3 is 2.28 bits per heavy atom. The number of hydrogen-bond acceptors (Lipinski definition) is 15. The number of carbonyl (C=O) groups excluding carboxylic acids is 5. The highest BCUT2D eigenvalue weighted by Crippen LogP contribution is 2.44. The first-order valence-electron chi connectivity index (χ1n) is 23.3. The Balaban J connectivity index is 1.48. The number of halogens is 1. The first kappa shape index (κ1) is 52.9. The van der Waals surface area contributed by atoms with Gasteiger partial charge in [0.15, 0.2) is 23.8 Å². The maximum absolute atomic E-state index is 17.2. The van der Waals surface area contributed by atoms with Crippen molar-refractivity contribution in [3.63, 3.8) is 0 Å². The second-order valence-corrected chi connectivity index (χ2v) is 19.2. The third-order valence-electron chi connectivity index (χ3n) is 13.9. The highest BCUT2D eigenvalue weighted by atomic mass is 19.1. The molecular formula is C50H72FN5O11. The number of nitrogens with zero attached hydrogens (tertiary/aromatic N) is 2. The van der Waals surface area contributed by atoms with Crippen molar-refractivity contribution in [3.8, 4) is 0 Å². The highest BCUT2D eigenvalue weighted by molar-refractivity contribution is 6.08. The van der Waals surface area contributed by atoms with E-state index in [1.165, 1.54) is 18.9 Å². The molecule has 0 aromatic heterocycles. The summed E-state index contributed by atoms with van der Waals surface area (Å²) in [5, 5.41) is 3.20. The van der Waals surface area contributed by atoms with E-state index in [2.05, 4.69) is 5.32 Å². The average molecular weight is 938 g/mol. The van der Waals surface area contributed by atoms with Gasteiger partial charge in [-0.15, -0.1) is 0 Å². The number of nitrogen functional groups attached to an aromatic ring is 1. The van der Waals surface area contributed by atoms with Crippen molar-refractivity contribution in [2.45, 2.75) is 147 Å². The van der Waals surface area contributed by atoms with Crippen LogP contribution in [-0.2, 0) is 42.8 Å². The van der Waals surface area contributed by atoms with Crippen molar-refractivity contribution in [2.75, 3.05) is 40.0 Å². The van der Waals surface area contributed by atoms with Crippen LogP contribution in [-0.4, -0.2) is 133 Å². The highest BCUT2D eigenvalue weighted by Gasteiger charge is 2.62. The van der Waals surface area contributed by atoms with Gasteiger partial charge < -0.3 is 55.0 Å². The molecule has 0 radical (unpaired) electrons. The number of likely N-dealkylation sites (N-methyl/N-ethyl adjacent to an activating group) is 1. The van der Waals surface area contributed by atoms with Gasteiger partial charge in [-0.2, -0.15) is 0 Å². The predicted molar refractivity (Wildman–Crippen MR) is 250 cm³/mol. The van der Waals surface area contributed by atoms with E-state index in [9.17, 15) is 24.0 Å². The monoisotopic (exact) mass is 938 g/mol. The third kappa shape index (κ3) is 11.6. The van der Waals surface area contributed by atoms with Crippen LogP contribution in [0.15, 0.2) is 60.8 Å². The van der Waals surface area contributed by atoms with Crippen LogP contribution in [0.4, 0.5) is 14.9 Å². The van der Waals surface area contributed by atoms with Crippen LogP contribution in [0, 0.1) is 17.8 Å². The molecule has 67 heavy (non-hydrogen) atoms. The van der Waals surface area contributed by atoms with Crippen LogP contribution in [0.25, 0.3) is 5.70 Å². The van der Waals surface area contributed by atoms with Gasteiger partial charge in [0.05, 0.1) is 41.2 Å². The van der Waals surface area contributed by atoms with Crippen molar-refractivity contribution < 1.29 is 56.8 Å². The molecule has 370 valence electrons. The van der Waals surface area contributed by atoms with Crippen molar-refractivity contribution in [3.05, 3.63) is 71.9 Å². The van der Waals surface area contributed by atoms with E-state index >= 15 is 4.39 Å². The predicted octanol–water partition coefficient (Wildman–Crippen LogP) is 6.06. The molecule has 0 saturated carbocycles. The third-order valence-corrected chi connectivity index (χ3v) is 13.9. The molecule has 5 N–H and O–H groups in total. The number of cyclic esters (lactones) is 1.